The van der Waals surface area contributed by atoms with Gasteiger partial charge in [-0.05, 0) is 28.5 Å². The van der Waals surface area contributed by atoms with Gasteiger partial charge in [-0.1, -0.05) is 32.0 Å². The fourth-order valence-corrected chi connectivity index (χ4v) is 2.20. The molecule has 2 N–H and O–H groups in total. The van der Waals surface area contributed by atoms with E-state index in [2.05, 4.69) is 29.4 Å². The van der Waals surface area contributed by atoms with E-state index in [0.29, 0.717) is 18.3 Å². The van der Waals surface area contributed by atoms with Crippen molar-refractivity contribution in [2.75, 3.05) is 13.1 Å². The third-order valence-corrected chi connectivity index (χ3v) is 2.90. The van der Waals surface area contributed by atoms with Crippen molar-refractivity contribution >= 4 is 5.91 Å². The Bertz CT molecular complexity index is 580. The second kappa shape index (κ2) is 6.94. The summed E-state index contributed by atoms with van der Waals surface area (Å²) in [5.74, 6) is 0.753. The van der Waals surface area contributed by atoms with E-state index in [9.17, 15) is 4.79 Å². The molecule has 0 fully saturated rings. The van der Waals surface area contributed by atoms with E-state index in [1.807, 2.05) is 35.2 Å². The quantitative estimate of drug-likeness (QED) is 0.806. The molecule has 0 spiro atoms. The smallest absolute Gasteiger partial charge is 0.231 e. The minimum Gasteiger partial charge on any atom is -0.369 e. The van der Waals surface area contributed by atoms with Gasteiger partial charge >= 0.3 is 0 Å². The molecule has 2 rings (SSSR count). The van der Waals surface area contributed by atoms with Gasteiger partial charge in [0.25, 0.3) is 0 Å². The summed E-state index contributed by atoms with van der Waals surface area (Å²) in [4.78, 5) is 13.2. The van der Waals surface area contributed by atoms with Gasteiger partial charge < -0.3 is 5.73 Å². The van der Waals surface area contributed by atoms with E-state index in [-0.39, 0.29) is 12.5 Å². The van der Waals surface area contributed by atoms with Crippen molar-refractivity contribution in [3.8, 4) is 5.69 Å². The van der Waals surface area contributed by atoms with Crippen LogP contribution in [-0.2, 0) is 11.3 Å². The molecular weight excluding hydrogens is 268 g/mol. The van der Waals surface area contributed by atoms with Crippen LogP contribution in [0.1, 0.15) is 19.7 Å². The van der Waals surface area contributed by atoms with Gasteiger partial charge in [0.1, 0.15) is 0 Å². The highest BCUT2D eigenvalue weighted by Gasteiger charge is 2.16. The topological polar surface area (TPSA) is 89.9 Å². The average molecular weight is 288 g/mol. The molecule has 0 aliphatic rings. The Hall–Kier alpha value is -2.28. The molecular formula is C14H20N6O. The van der Waals surface area contributed by atoms with E-state index in [0.717, 1.165) is 12.2 Å². The highest BCUT2D eigenvalue weighted by Crippen LogP contribution is 2.10. The molecule has 112 valence electrons. The molecule has 1 amide bonds. The number of aromatic nitrogens is 4. The van der Waals surface area contributed by atoms with Gasteiger partial charge in [-0.15, -0.1) is 5.10 Å². The lowest BCUT2D eigenvalue weighted by Crippen LogP contribution is -2.36. The molecule has 1 aromatic carbocycles. The molecule has 21 heavy (non-hydrogen) atoms. The second-order valence-electron chi connectivity index (χ2n) is 5.37. The molecule has 1 aromatic heterocycles. The molecule has 0 atom stereocenters. The van der Waals surface area contributed by atoms with Gasteiger partial charge in [-0.2, -0.15) is 4.68 Å². The van der Waals surface area contributed by atoms with Crippen molar-refractivity contribution in [2.45, 2.75) is 20.4 Å². The Kier molecular flexibility index (Phi) is 4.99. The standard InChI is InChI=1S/C14H20N6O/c1-11(2)8-19(9-13(15)21)10-14-16-17-18-20(14)12-6-4-3-5-7-12/h3-7,11H,8-10H2,1-2H3,(H2,15,21). The van der Waals surface area contributed by atoms with E-state index >= 15 is 0 Å². The highest BCUT2D eigenvalue weighted by molar-refractivity contribution is 5.75. The highest BCUT2D eigenvalue weighted by atomic mass is 16.1. The summed E-state index contributed by atoms with van der Waals surface area (Å²) in [6.45, 7) is 5.61. The summed E-state index contributed by atoms with van der Waals surface area (Å²) >= 11 is 0. The molecule has 1 heterocycles. The SMILES string of the molecule is CC(C)CN(CC(N)=O)Cc1nnnn1-c1ccccc1. The Morgan fingerprint density at radius 1 is 1.33 bits per heavy atom. The van der Waals surface area contributed by atoms with Crippen molar-refractivity contribution in [1.29, 1.82) is 0 Å². The molecule has 7 nitrogen and oxygen atoms in total. The van der Waals surface area contributed by atoms with Crippen LogP contribution in [0.2, 0.25) is 0 Å². The van der Waals surface area contributed by atoms with Crippen molar-refractivity contribution in [1.82, 2.24) is 25.1 Å². The molecule has 0 saturated carbocycles. The number of tetrazole rings is 1. The molecule has 0 aliphatic carbocycles. The summed E-state index contributed by atoms with van der Waals surface area (Å²) in [6, 6.07) is 9.65. The van der Waals surface area contributed by atoms with Crippen LogP contribution in [0.4, 0.5) is 0 Å². The molecule has 0 unspecified atom stereocenters. The number of benzene rings is 1. The van der Waals surface area contributed by atoms with Gasteiger partial charge in [-0.25, -0.2) is 0 Å². The first kappa shape index (κ1) is 15.1. The minimum atomic E-state index is -0.352. The van der Waals surface area contributed by atoms with E-state index in [1.165, 1.54) is 0 Å². The lowest BCUT2D eigenvalue weighted by Gasteiger charge is -2.21. The summed E-state index contributed by atoms with van der Waals surface area (Å²) in [5, 5.41) is 11.8. The van der Waals surface area contributed by atoms with Crippen molar-refractivity contribution in [3.05, 3.63) is 36.2 Å². The van der Waals surface area contributed by atoms with Crippen LogP contribution in [0.15, 0.2) is 30.3 Å². The maximum atomic E-state index is 11.2. The maximum absolute atomic E-state index is 11.2. The van der Waals surface area contributed by atoms with Crippen LogP contribution < -0.4 is 5.73 Å². The number of amides is 1. The molecule has 0 radical (unpaired) electrons. The first-order valence-corrected chi connectivity index (χ1v) is 6.89. The minimum absolute atomic E-state index is 0.194. The van der Waals surface area contributed by atoms with Crippen LogP contribution in [0.25, 0.3) is 5.69 Å². The number of rotatable bonds is 7. The van der Waals surface area contributed by atoms with Crippen molar-refractivity contribution in [2.24, 2.45) is 11.7 Å². The molecule has 7 heteroatoms. The summed E-state index contributed by atoms with van der Waals surface area (Å²) in [7, 11) is 0. The maximum Gasteiger partial charge on any atom is 0.231 e. The third-order valence-electron chi connectivity index (χ3n) is 2.90. The van der Waals surface area contributed by atoms with Crippen molar-refractivity contribution in [3.63, 3.8) is 0 Å². The van der Waals surface area contributed by atoms with Crippen LogP contribution in [0, 0.1) is 5.92 Å². The van der Waals surface area contributed by atoms with E-state index < -0.39 is 0 Å². The van der Waals surface area contributed by atoms with Gasteiger partial charge in [0, 0.05) is 6.54 Å². The predicted octanol–water partition coefficient (Wildman–Crippen LogP) is 0.606. The molecule has 0 saturated heterocycles. The van der Waals surface area contributed by atoms with Crippen molar-refractivity contribution < 1.29 is 4.79 Å². The van der Waals surface area contributed by atoms with Crippen LogP contribution >= 0.6 is 0 Å². The zero-order valence-electron chi connectivity index (χ0n) is 12.3. The molecule has 2 aromatic rings. The normalized spacial score (nSPS) is 11.2. The zero-order chi connectivity index (χ0) is 15.2. The number of primary amides is 1. The van der Waals surface area contributed by atoms with Gasteiger partial charge in [0.2, 0.25) is 5.91 Å². The molecule has 0 aliphatic heterocycles. The van der Waals surface area contributed by atoms with Crippen LogP contribution in [0.5, 0.6) is 0 Å². The number of carbonyl (C=O) groups excluding carboxylic acids is 1. The molecule has 0 bridgehead atoms. The van der Waals surface area contributed by atoms with E-state index in [4.69, 9.17) is 5.73 Å². The summed E-state index contributed by atoms with van der Waals surface area (Å²) in [5.41, 5.74) is 6.20. The summed E-state index contributed by atoms with van der Waals surface area (Å²) in [6.07, 6.45) is 0. The lowest BCUT2D eigenvalue weighted by atomic mass is 10.2. The van der Waals surface area contributed by atoms with E-state index in [1.54, 1.807) is 4.68 Å². The third kappa shape index (κ3) is 4.35. The monoisotopic (exact) mass is 288 g/mol. The fraction of sp³-hybridized carbons (Fsp3) is 0.429. The number of hydrogen-bond acceptors (Lipinski definition) is 5. The Morgan fingerprint density at radius 2 is 2.05 bits per heavy atom. The largest absolute Gasteiger partial charge is 0.369 e. The predicted molar refractivity (Wildman–Crippen MR) is 78.5 cm³/mol. The average Bonchev–Trinajstić information content (AvgIpc) is 2.86. The lowest BCUT2D eigenvalue weighted by molar-refractivity contribution is -0.119. The number of carbonyl (C=O) groups is 1. The number of nitrogens with zero attached hydrogens (tertiary/aromatic N) is 5. The first-order chi connectivity index (χ1) is 10.1. The number of hydrogen-bond donors (Lipinski definition) is 1. The second-order valence-corrected chi connectivity index (χ2v) is 5.37. The number of nitrogens with two attached hydrogens (primary N) is 1. The van der Waals surface area contributed by atoms with Crippen LogP contribution in [0.3, 0.4) is 0 Å². The Labute approximate surface area is 123 Å². The zero-order valence-corrected chi connectivity index (χ0v) is 12.3. The van der Waals surface area contributed by atoms with Gasteiger partial charge in [-0.3, -0.25) is 9.69 Å². The number of para-hydroxylation sites is 1. The summed E-state index contributed by atoms with van der Waals surface area (Å²) < 4.78 is 1.67. The fourth-order valence-electron chi connectivity index (χ4n) is 2.20. The first-order valence-electron chi connectivity index (χ1n) is 6.89. The van der Waals surface area contributed by atoms with Gasteiger partial charge in [0.05, 0.1) is 18.8 Å². The Balaban J connectivity index is 2.18. The van der Waals surface area contributed by atoms with Gasteiger partial charge in [0.15, 0.2) is 5.82 Å². The van der Waals surface area contributed by atoms with Crippen LogP contribution in [-0.4, -0.2) is 44.1 Å². The Morgan fingerprint density at radius 3 is 2.67 bits per heavy atom.